The molecule has 0 saturated carbocycles. The topological polar surface area (TPSA) is 66.5 Å². The number of benzene rings is 2. The molecule has 1 aliphatic rings. The highest BCUT2D eigenvalue weighted by Crippen LogP contribution is 2.41. The lowest BCUT2D eigenvalue weighted by molar-refractivity contribution is -0.120. The van der Waals surface area contributed by atoms with Gasteiger partial charge in [0, 0.05) is 11.4 Å². The first kappa shape index (κ1) is 15.8. The van der Waals surface area contributed by atoms with Crippen LogP contribution in [0.2, 0.25) is 0 Å². The van der Waals surface area contributed by atoms with Crippen LogP contribution < -0.4 is 9.62 Å². The second-order valence-electron chi connectivity index (χ2n) is 6.24. The van der Waals surface area contributed by atoms with Gasteiger partial charge in [0.05, 0.1) is 10.6 Å². The Hall–Kier alpha value is -2.08. The standard InChI is InChI=1S/C17H20N2O3S/c1-11(2)12(3)18-16(20)10-19-14-8-4-6-13-7-5-9-15(17(13)14)23(19,21)22/h4-9,11-12H,10H2,1-3H3,(H,18,20)/t12-/m1/s1. The van der Waals surface area contributed by atoms with Gasteiger partial charge in [0.15, 0.2) is 0 Å². The highest BCUT2D eigenvalue weighted by molar-refractivity contribution is 7.93. The fourth-order valence-electron chi connectivity index (χ4n) is 2.73. The van der Waals surface area contributed by atoms with Gasteiger partial charge in [-0.15, -0.1) is 0 Å². The number of nitrogens with one attached hydrogen (secondary N) is 1. The van der Waals surface area contributed by atoms with Crippen molar-refractivity contribution in [1.82, 2.24) is 5.32 Å². The molecule has 0 saturated heterocycles. The van der Waals surface area contributed by atoms with Crippen molar-refractivity contribution in [3.05, 3.63) is 36.4 Å². The molecule has 0 radical (unpaired) electrons. The third-order valence-corrected chi connectivity index (χ3v) is 6.16. The van der Waals surface area contributed by atoms with Gasteiger partial charge in [-0.25, -0.2) is 8.42 Å². The molecule has 0 aliphatic carbocycles. The van der Waals surface area contributed by atoms with E-state index in [9.17, 15) is 13.2 Å². The van der Waals surface area contributed by atoms with E-state index < -0.39 is 10.0 Å². The third kappa shape index (κ3) is 2.57. The first-order chi connectivity index (χ1) is 10.8. The average Bonchev–Trinajstić information content (AvgIpc) is 2.71. The molecule has 1 N–H and O–H groups in total. The minimum atomic E-state index is -3.68. The molecule has 5 nitrogen and oxygen atoms in total. The van der Waals surface area contributed by atoms with E-state index in [0.29, 0.717) is 11.1 Å². The maximum absolute atomic E-state index is 12.8. The van der Waals surface area contributed by atoms with Crippen LogP contribution in [0.25, 0.3) is 10.8 Å². The van der Waals surface area contributed by atoms with Crippen LogP contribution in [-0.2, 0) is 14.8 Å². The summed E-state index contributed by atoms with van der Waals surface area (Å²) >= 11 is 0. The average molecular weight is 332 g/mol. The summed E-state index contributed by atoms with van der Waals surface area (Å²) in [4.78, 5) is 12.5. The third-order valence-electron chi connectivity index (χ3n) is 4.36. The van der Waals surface area contributed by atoms with Crippen molar-refractivity contribution in [1.29, 1.82) is 0 Å². The van der Waals surface area contributed by atoms with Crippen molar-refractivity contribution < 1.29 is 13.2 Å². The Kier molecular flexibility index (Phi) is 3.80. The van der Waals surface area contributed by atoms with E-state index in [2.05, 4.69) is 5.32 Å². The van der Waals surface area contributed by atoms with Crippen LogP contribution in [0.5, 0.6) is 0 Å². The molecule has 2 aromatic carbocycles. The Morgan fingerprint density at radius 3 is 2.43 bits per heavy atom. The number of nitrogens with zero attached hydrogens (tertiary/aromatic N) is 1. The lowest BCUT2D eigenvalue weighted by Gasteiger charge is -2.22. The smallest absolute Gasteiger partial charge is 0.265 e. The summed E-state index contributed by atoms with van der Waals surface area (Å²) in [5, 5.41) is 4.41. The van der Waals surface area contributed by atoms with E-state index in [1.54, 1.807) is 18.2 Å². The molecule has 2 aromatic rings. The second kappa shape index (κ2) is 5.53. The van der Waals surface area contributed by atoms with E-state index in [1.807, 2.05) is 39.0 Å². The number of carbonyl (C=O) groups excluding carboxylic acids is 1. The van der Waals surface area contributed by atoms with Gasteiger partial charge in [0.2, 0.25) is 5.91 Å². The Labute approximate surface area is 136 Å². The Bertz CT molecular complexity index is 869. The highest BCUT2D eigenvalue weighted by atomic mass is 32.2. The van der Waals surface area contributed by atoms with Crippen LogP contribution in [0.15, 0.2) is 41.3 Å². The highest BCUT2D eigenvalue weighted by Gasteiger charge is 2.36. The van der Waals surface area contributed by atoms with E-state index in [1.165, 1.54) is 4.31 Å². The Morgan fingerprint density at radius 2 is 1.78 bits per heavy atom. The summed E-state index contributed by atoms with van der Waals surface area (Å²) < 4.78 is 26.7. The van der Waals surface area contributed by atoms with Crippen LogP contribution in [0, 0.1) is 5.92 Å². The molecule has 1 atom stereocenters. The van der Waals surface area contributed by atoms with Crippen LogP contribution in [-0.4, -0.2) is 26.9 Å². The minimum Gasteiger partial charge on any atom is -0.352 e. The zero-order valence-corrected chi connectivity index (χ0v) is 14.2. The molecule has 1 amide bonds. The molecule has 0 aromatic heterocycles. The fourth-order valence-corrected chi connectivity index (χ4v) is 4.39. The van der Waals surface area contributed by atoms with Gasteiger partial charge in [-0.1, -0.05) is 38.1 Å². The monoisotopic (exact) mass is 332 g/mol. The number of carbonyl (C=O) groups is 1. The SMILES string of the molecule is CC(C)[C@@H](C)NC(=O)CN1c2cccc3cccc(c23)S1(=O)=O. The molecule has 23 heavy (non-hydrogen) atoms. The summed E-state index contributed by atoms with van der Waals surface area (Å²) in [6.07, 6.45) is 0. The summed E-state index contributed by atoms with van der Waals surface area (Å²) in [6, 6.07) is 10.6. The number of amides is 1. The number of rotatable bonds is 4. The molecule has 0 fully saturated rings. The molecular weight excluding hydrogens is 312 g/mol. The Balaban J connectivity index is 1.96. The minimum absolute atomic E-state index is 0.00836. The normalized spacial score (nSPS) is 16.8. The summed E-state index contributed by atoms with van der Waals surface area (Å²) in [6.45, 7) is 5.73. The predicted octanol–water partition coefficient (Wildman–Crippen LogP) is 2.51. The van der Waals surface area contributed by atoms with Gasteiger partial charge in [-0.05, 0) is 30.4 Å². The molecule has 0 bridgehead atoms. The van der Waals surface area contributed by atoms with Crippen molar-refractivity contribution in [2.45, 2.75) is 31.7 Å². The molecule has 6 heteroatoms. The molecule has 122 valence electrons. The number of hydrogen-bond donors (Lipinski definition) is 1. The number of sulfonamides is 1. The lowest BCUT2D eigenvalue weighted by atomic mass is 10.1. The largest absolute Gasteiger partial charge is 0.352 e. The van der Waals surface area contributed by atoms with Crippen LogP contribution in [0.1, 0.15) is 20.8 Å². The van der Waals surface area contributed by atoms with Crippen molar-refractivity contribution in [3.8, 4) is 0 Å². The van der Waals surface area contributed by atoms with Crippen molar-refractivity contribution in [2.24, 2.45) is 5.92 Å². The zero-order chi connectivity index (χ0) is 16.8. The van der Waals surface area contributed by atoms with E-state index in [-0.39, 0.29) is 29.3 Å². The van der Waals surface area contributed by atoms with Crippen molar-refractivity contribution in [3.63, 3.8) is 0 Å². The van der Waals surface area contributed by atoms with Crippen LogP contribution in [0.3, 0.4) is 0 Å². The number of hydrogen-bond acceptors (Lipinski definition) is 3. The molecule has 0 unspecified atom stereocenters. The maximum Gasteiger partial charge on any atom is 0.265 e. The molecule has 3 rings (SSSR count). The lowest BCUT2D eigenvalue weighted by Crippen LogP contribution is -2.43. The van der Waals surface area contributed by atoms with Gasteiger partial charge in [-0.2, -0.15) is 0 Å². The summed E-state index contributed by atoms with van der Waals surface area (Å²) in [5.74, 6) is -0.00523. The van der Waals surface area contributed by atoms with E-state index in [4.69, 9.17) is 0 Å². The molecule has 1 heterocycles. The maximum atomic E-state index is 12.8. The van der Waals surface area contributed by atoms with Crippen LogP contribution in [0.4, 0.5) is 5.69 Å². The van der Waals surface area contributed by atoms with E-state index >= 15 is 0 Å². The molecular formula is C17H20N2O3S. The van der Waals surface area contributed by atoms with Crippen molar-refractivity contribution in [2.75, 3.05) is 10.8 Å². The van der Waals surface area contributed by atoms with Gasteiger partial charge < -0.3 is 5.32 Å². The molecule has 0 spiro atoms. The fraction of sp³-hybridized carbons (Fsp3) is 0.353. The first-order valence-electron chi connectivity index (χ1n) is 7.66. The van der Waals surface area contributed by atoms with Gasteiger partial charge in [0.25, 0.3) is 10.0 Å². The quantitative estimate of drug-likeness (QED) is 0.935. The summed E-state index contributed by atoms with van der Waals surface area (Å²) in [5.41, 5.74) is 0.574. The van der Waals surface area contributed by atoms with Crippen LogP contribution >= 0.6 is 0 Å². The van der Waals surface area contributed by atoms with Crippen molar-refractivity contribution >= 4 is 32.4 Å². The number of anilines is 1. The van der Waals surface area contributed by atoms with E-state index in [0.717, 1.165) is 5.39 Å². The first-order valence-corrected chi connectivity index (χ1v) is 9.10. The van der Waals surface area contributed by atoms with Gasteiger partial charge in [-0.3, -0.25) is 9.10 Å². The van der Waals surface area contributed by atoms with Gasteiger partial charge >= 0.3 is 0 Å². The second-order valence-corrected chi connectivity index (χ2v) is 8.07. The predicted molar refractivity (Wildman–Crippen MR) is 90.9 cm³/mol. The zero-order valence-electron chi connectivity index (χ0n) is 13.4. The molecule has 1 aliphatic heterocycles. The Morgan fingerprint density at radius 1 is 1.13 bits per heavy atom. The summed E-state index contributed by atoms with van der Waals surface area (Å²) in [7, 11) is -3.68. The van der Waals surface area contributed by atoms with Gasteiger partial charge in [0.1, 0.15) is 6.54 Å².